The Morgan fingerprint density at radius 1 is 0.364 bits per heavy atom. The Morgan fingerprint density at radius 3 is 1.00 bits per heavy atom. The maximum atomic E-state index is 12.3. The van der Waals surface area contributed by atoms with E-state index in [4.69, 9.17) is 9.47 Å². The fourth-order valence-electron chi connectivity index (χ4n) is 8.23. The molecule has 0 spiro atoms. The fraction of sp³-hybridized carbons (Fsp3) is 0.770. The van der Waals surface area contributed by atoms with E-state index in [1.807, 2.05) is 0 Å². The first-order valence-corrected chi connectivity index (χ1v) is 28.5. The largest absolute Gasteiger partial charge is 0.462 e. The van der Waals surface area contributed by atoms with Crippen LogP contribution in [0.25, 0.3) is 0 Å². The number of esters is 2. The maximum Gasteiger partial charge on any atom is 0.306 e. The van der Waals surface area contributed by atoms with Crippen molar-refractivity contribution >= 4 is 11.9 Å². The first kappa shape index (κ1) is 63.3. The summed E-state index contributed by atoms with van der Waals surface area (Å²) in [7, 11) is 0. The molecule has 0 aliphatic carbocycles. The highest BCUT2D eigenvalue weighted by Crippen LogP contribution is 2.17. The van der Waals surface area contributed by atoms with Gasteiger partial charge in [-0.15, -0.1) is 0 Å². The lowest BCUT2D eigenvalue weighted by Crippen LogP contribution is -2.28. The molecule has 0 fully saturated rings. The molecule has 0 aromatic carbocycles. The van der Waals surface area contributed by atoms with E-state index in [2.05, 4.69) is 86.8 Å². The summed E-state index contributed by atoms with van der Waals surface area (Å²) in [5.41, 5.74) is 0. The van der Waals surface area contributed by atoms with Gasteiger partial charge in [-0.3, -0.25) is 9.59 Å². The predicted molar refractivity (Wildman–Crippen MR) is 288 cm³/mol. The van der Waals surface area contributed by atoms with Crippen molar-refractivity contribution in [2.75, 3.05) is 13.2 Å². The van der Waals surface area contributed by atoms with Crippen LogP contribution in [0.5, 0.6) is 0 Å². The molecule has 1 N–H and O–H groups in total. The minimum absolute atomic E-state index is 0.0678. The molecule has 0 aromatic heterocycles. The molecule has 0 aliphatic rings. The average Bonchev–Trinajstić information content (AvgIpc) is 3.32. The van der Waals surface area contributed by atoms with Gasteiger partial charge in [0.05, 0.1) is 6.61 Å². The zero-order chi connectivity index (χ0) is 47.7. The molecule has 0 amide bonds. The average molecular weight is 922 g/mol. The van der Waals surface area contributed by atoms with E-state index in [1.165, 1.54) is 180 Å². The third kappa shape index (κ3) is 54.0. The van der Waals surface area contributed by atoms with Crippen LogP contribution in [-0.4, -0.2) is 36.4 Å². The number of carbonyl (C=O) groups is 2. The molecule has 0 bridgehead atoms. The van der Waals surface area contributed by atoms with Crippen LogP contribution in [0.4, 0.5) is 0 Å². The second-order valence-electron chi connectivity index (χ2n) is 19.0. The van der Waals surface area contributed by atoms with Gasteiger partial charge in [0.15, 0.2) is 6.10 Å². The number of carbonyl (C=O) groups excluding carboxylic acids is 2. The van der Waals surface area contributed by atoms with E-state index in [0.29, 0.717) is 12.8 Å². The summed E-state index contributed by atoms with van der Waals surface area (Å²) in [5.74, 6) is -0.591. The number of ether oxygens (including phenoxy) is 2. The Bertz CT molecular complexity index is 1180. The van der Waals surface area contributed by atoms with E-state index in [9.17, 15) is 14.7 Å². The Morgan fingerprint density at radius 2 is 0.652 bits per heavy atom. The molecule has 0 aromatic rings. The van der Waals surface area contributed by atoms with Gasteiger partial charge in [-0.05, 0) is 83.5 Å². The van der Waals surface area contributed by atoms with Crippen LogP contribution in [0.15, 0.2) is 72.9 Å². The Balaban J connectivity index is 3.40. The Hall–Kier alpha value is -2.66. The zero-order valence-electron chi connectivity index (χ0n) is 43.7. The second kappa shape index (κ2) is 56.7. The summed E-state index contributed by atoms with van der Waals surface area (Å²) in [5, 5.41) is 9.62. The molecule has 0 saturated heterocycles. The molecule has 1 atom stereocenters. The van der Waals surface area contributed by atoms with Crippen LogP contribution in [0.1, 0.15) is 284 Å². The van der Waals surface area contributed by atoms with Gasteiger partial charge in [0.25, 0.3) is 0 Å². The van der Waals surface area contributed by atoms with Gasteiger partial charge >= 0.3 is 11.9 Å². The highest BCUT2D eigenvalue weighted by molar-refractivity contribution is 5.70. The van der Waals surface area contributed by atoms with E-state index in [1.54, 1.807) is 0 Å². The van der Waals surface area contributed by atoms with Gasteiger partial charge in [-0.1, -0.05) is 260 Å². The van der Waals surface area contributed by atoms with Crippen LogP contribution >= 0.6 is 0 Å². The summed E-state index contributed by atoms with van der Waals surface area (Å²) in [6.45, 7) is 4.02. The number of rotatable bonds is 52. The van der Waals surface area contributed by atoms with Crippen molar-refractivity contribution in [3.8, 4) is 0 Å². The molecule has 5 heteroatoms. The summed E-state index contributed by atoms with van der Waals surface area (Å²) in [6.07, 6.45) is 77.5. The van der Waals surface area contributed by atoms with Crippen LogP contribution in [0.3, 0.4) is 0 Å². The SMILES string of the molecule is CC/C=C\C/C=C\C/C=C\C/C=C\C/C=C\CCCCCCCCCCCCCCCCCCCCCCCCCC(=O)OC(CO)COC(=O)CCCCCCC/C=C\CCCCCC. The van der Waals surface area contributed by atoms with Crippen molar-refractivity contribution in [3.63, 3.8) is 0 Å². The fourth-order valence-corrected chi connectivity index (χ4v) is 8.23. The minimum atomic E-state index is -0.774. The normalized spacial score (nSPS) is 12.7. The molecule has 1 unspecified atom stereocenters. The topological polar surface area (TPSA) is 72.8 Å². The lowest BCUT2D eigenvalue weighted by Gasteiger charge is -2.15. The molecule has 0 saturated carbocycles. The highest BCUT2D eigenvalue weighted by Gasteiger charge is 2.16. The van der Waals surface area contributed by atoms with Crippen LogP contribution < -0.4 is 0 Å². The molecule has 0 radical (unpaired) electrons. The first-order valence-electron chi connectivity index (χ1n) is 28.5. The summed E-state index contributed by atoms with van der Waals surface area (Å²) in [4.78, 5) is 24.4. The quantitative estimate of drug-likeness (QED) is 0.0374. The van der Waals surface area contributed by atoms with Crippen LogP contribution in [-0.2, 0) is 19.1 Å². The maximum absolute atomic E-state index is 12.3. The van der Waals surface area contributed by atoms with Crippen LogP contribution in [0.2, 0.25) is 0 Å². The summed E-state index contributed by atoms with van der Waals surface area (Å²) >= 11 is 0. The summed E-state index contributed by atoms with van der Waals surface area (Å²) in [6, 6.07) is 0. The number of hydrogen-bond acceptors (Lipinski definition) is 5. The van der Waals surface area contributed by atoms with Crippen molar-refractivity contribution in [2.24, 2.45) is 0 Å². The van der Waals surface area contributed by atoms with Gasteiger partial charge < -0.3 is 14.6 Å². The second-order valence-corrected chi connectivity index (χ2v) is 19.0. The molecular formula is C61H108O5. The van der Waals surface area contributed by atoms with Crippen molar-refractivity contribution in [1.29, 1.82) is 0 Å². The molecule has 0 heterocycles. The number of aliphatic hydroxyl groups is 1. The van der Waals surface area contributed by atoms with Crippen molar-refractivity contribution in [2.45, 2.75) is 290 Å². The van der Waals surface area contributed by atoms with Crippen molar-refractivity contribution in [1.82, 2.24) is 0 Å². The highest BCUT2D eigenvalue weighted by atomic mass is 16.6. The molecule has 0 aliphatic heterocycles. The number of allylic oxidation sites excluding steroid dienone is 12. The van der Waals surface area contributed by atoms with Gasteiger partial charge in [-0.25, -0.2) is 0 Å². The third-order valence-electron chi connectivity index (χ3n) is 12.5. The lowest BCUT2D eigenvalue weighted by molar-refractivity contribution is -0.161. The minimum Gasteiger partial charge on any atom is -0.462 e. The molecule has 382 valence electrons. The number of hydrogen-bond donors (Lipinski definition) is 1. The lowest BCUT2D eigenvalue weighted by atomic mass is 10.0. The van der Waals surface area contributed by atoms with E-state index < -0.39 is 6.10 Å². The predicted octanol–water partition coefficient (Wildman–Crippen LogP) is 19.2. The molecule has 0 rings (SSSR count). The van der Waals surface area contributed by atoms with Gasteiger partial charge in [0, 0.05) is 12.8 Å². The van der Waals surface area contributed by atoms with Crippen molar-refractivity contribution < 1.29 is 24.2 Å². The number of aliphatic hydroxyl groups excluding tert-OH is 1. The smallest absolute Gasteiger partial charge is 0.306 e. The van der Waals surface area contributed by atoms with Gasteiger partial charge in [0.1, 0.15) is 6.61 Å². The summed E-state index contributed by atoms with van der Waals surface area (Å²) < 4.78 is 10.7. The Kier molecular flexibility index (Phi) is 54.4. The third-order valence-corrected chi connectivity index (χ3v) is 12.5. The number of unbranched alkanes of at least 4 members (excludes halogenated alkanes) is 32. The monoisotopic (exact) mass is 921 g/mol. The molecule has 5 nitrogen and oxygen atoms in total. The van der Waals surface area contributed by atoms with E-state index in [0.717, 1.165) is 77.0 Å². The van der Waals surface area contributed by atoms with Gasteiger partial charge in [-0.2, -0.15) is 0 Å². The van der Waals surface area contributed by atoms with Gasteiger partial charge in [0.2, 0.25) is 0 Å². The van der Waals surface area contributed by atoms with E-state index >= 15 is 0 Å². The Labute approximate surface area is 410 Å². The molecule has 66 heavy (non-hydrogen) atoms. The first-order chi connectivity index (χ1) is 32.6. The van der Waals surface area contributed by atoms with Crippen LogP contribution in [0, 0.1) is 0 Å². The van der Waals surface area contributed by atoms with E-state index in [-0.39, 0.29) is 25.2 Å². The van der Waals surface area contributed by atoms with Crippen molar-refractivity contribution in [3.05, 3.63) is 72.9 Å². The molecular weight excluding hydrogens is 813 g/mol. The zero-order valence-corrected chi connectivity index (χ0v) is 43.7. The standard InChI is InChI=1S/C61H108O5/c1-3-5-7-9-11-13-15-17-18-19-20-21-22-23-24-25-26-27-28-29-30-31-32-33-34-35-36-37-38-39-40-41-42-44-46-48-50-52-54-56-61(64)66-59(57-62)58-65-60(63)55-53-51-49-47-45-43-16-14-12-10-8-6-4-2/h5,7,11,13-14,16-18,20-21,23-24,59,62H,3-4,6,8-10,12,15,19,22,25-58H2,1-2H3/b7-5-,13-11-,16-14-,18-17-,21-20-,24-23-.